The van der Waals surface area contributed by atoms with Crippen LogP contribution in [0.15, 0.2) is 48.5 Å². The molecule has 3 rings (SSSR count). The molecule has 0 aromatic heterocycles. The number of nitrogens with one attached hydrogen (secondary N) is 2. The number of anilines is 2. The van der Waals surface area contributed by atoms with Crippen LogP contribution in [0.5, 0.6) is 0 Å². The minimum Gasteiger partial charge on any atom is -0.347 e. The van der Waals surface area contributed by atoms with E-state index in [0.717, 1.165) is 0 Å². The predicted molar refractivity (Wildman–Crippen MR) is 103 cm³/mol. The summed E-state index contributed by atoms with van der Waals surface area (Å²) in [5, 5.41) is 5.15. The Bertz CT molecular complexity index is 967. The van der Waals surface area contributed by atoms with Gasteiger partial charge < -0.3 is 15.5 Å². The lowest BCUT2D eigenvalue weighted by Crippen LogP contribution is -2.38. The molecule has 0 spiro atoms. The first-order chi connectivity index (χ1) is 13.5. The lowest BCUT2D eigenvalue weighted by atomic mass is 10.1. The van der Waals surface area contributed by atoms with E-state index in [1.807, 2.05) is 0 Å². The topological polar surface area (TPSA) is 78.5 Å². The van der Waals surface area contributed by atoms with Crippen LogP contribution in [0.3, 0.4) is 0 Å². The van der Waals surface area contributed by atoms with Gasteiger partial charge in [0.2, 0.25) is 17.7 Å². The van der Waals surface area contributed by atoms with Gasteiger partial charge in [0.15, 0.2) is 0 Å². The van der Waals surface area contributed by atoms with Gasteiger partial charge >= 0.3 is 0 Å². The molecule has 0 radical (unpaired) electrons. The Morgan fingerprint density at radius 2 is 2.00 bits per heavy atom. The van der Waals surface area contributed by atoms with E-state index in [0.29, 0.717) is 11.3 Å². The Balaban J connectivity index is 1.54. The van der Waals surface area contributed by atoms with E-state index in [1.165, 1.54) is 23.1 Å². The number of carbonyl (C=O) groups is 3. The van der Waals surface area contributed by atoms with Crippen LogP contribution in [-0.4, -0.2) is 30.8 Å². The summed E-state index contributed by atoms with van der Waals surface area (Å²) in [6.07, 6.45) is 5.28. The maximum Gasteiger partial charge on any atom is 0.243 e. The van der Waals surface area contributed by atoms with Crippen molar-refractivity contribution in [2.24, 2.45) is 5.92 Å². The number of benzene rings is 2. The van der Waals surface area contributed by atoms with Crippen molar-refractivity contribution in [3.8, 4) is 12.3 Å². The summed E-state index contributed by atoms with van der Waals surface area (Å²) in [5.41, 5.74) is 1.30. The summed E-state index contributed by atoms with van der Waals surface area (Å²) in [5.74, 6) is 0.116. The first-order valence-corrected chi connectivity index (χ1v) is 8.67. The average molecular weight is 379 g/mol. The predicted octanol–water partition coefficient (Wildman–Crippen LogP) is 1.91. The molecular weight excluding hydrogens is 361 g/mol. The molecular formula is C21H18FN3O3. The normalized spacial score (nSPS) is 15.8. The summed E-state index contributed by atoms with van der Waals surface area (Å²) in [6, 6.07) is 12.7. The van der Waals surface area contributed by atoms with E-state index < -0.39 is 23.5 Å². The zero-order valence-electron chi connectivity index (χ0n) is 14.9. The maximum absolute atomic E-state index is 13.9. The molecule has 2 aromatic rings. The highest BCUT2D eigenvalue weighted by atomic mass is 19.1. The zero-order valence-corrected chi connectivity index (χ0v) is 14.9. The number of terminal acetylenes is 1. The van der Waals surface area contributed by atoms with E-state index in [4.69, 9.17) is 6.42 Å². The largest absolute Gasteiger partial charge is 0.347 e. The molecule has 1 fully saturated rings. The molecule has 0 aliphatic carbocycles. The summed E-state index contributed by atoms with van der Waals surface area (Å²) >= 11 is 0. The fourth-order valence-electron chi connectivity index (χ4n) is 2.99. The van der Waals surface area contributed by atoms with Crippen LogP contribution in [0.2, 0.25) is 0 Å². The second-order valence-electron chi connectivity index (χ2n) is 6.35. The molecule has 1 saturated heterocycles. The summed E-state index contributed by atoms with van der Waals surface area (Å²) < 4.78 is 13.9. The lowest BCUT2D eigenvalue weighted by Gasteiger charge is -2.17. The van der Waals surface area contributed by atoms with E-state index in [2.05, 4.69) is 16.6 Å². The van der Waals surface area contributed by atoms with Crippen molar-refractivity contribution in [1.82, 2.24) is 5.32 Å². The molecule has 3 amide bonds. The highest BCUT2D eigenvalue weighted by Crippen LogP contribution is 2.27. The van der Waals surface area contributed by atoms with E-state index >= 15 is 0 Å². The van der Waals surface area contributed by atoms with Gasteiger partial charge in [-0.05, 0) is 30.3 Å². The molecule has 1 atom stereocenters. The summed E-state index contributed by atoms with van der Waals surface area (Å²) in [6.45, 7) is -0.180. The zero-order chi connectivity index (χ0) is 20.1. The molecule has 6 nitrogen and oxygen atoms in total. The van der Waals surface area contributed by atoms with Gasteiger partial charge in [0.05, 0.1) is 18.2 Å². The Kier molecular flexibility index (Phi) is 5.70. The van der Waals surface area contributed by atoms with Gasteiger partial charge in [-0.1, -0.05) is 24.1 Å². The fourth-order valence-corrected chi connectivity index (χ4v) is 2.99. The van der Waals surface area contributed by atoms with Gasteiger partial charge in [0, 0.05) is 24.2 Å². The van der Waals surface area contributed by atoms with Crippen molar-refractivity contribution in [3.05, 3.63) is 59.9 Å². The molecule has 1 aliphatic rings. The Morgan fingerprint density at radius 3 is 2.75 bits per heavy atom. The third-order valence-electron chi connectivity index (χ3n) is 4.38. The second-order valence-corrected chi connectivity index (χ2v) is 6.35. The van der Waals surface area contributed by atoms with Gasteiger partial charge in [-0.25, -0.2) is 4.39 Å². The number of hydrogen-bond donors (Lipinski definition) is 2. The van der Waals surface area contributed by atoms with Gasteiger partial charge in [-0.2, -0.15) is 0 Å². The monoisotopic (exact) mass is 379 g/mol. The number of rotatable bonds is 5. The van der Waals surface area contributed by atoms with Crippen molar-refractivity contribution >= 4 is 29.1 Å². The number of amides is 3. The van der Waals surface area contributed by atoms with Gasteiger partial charge in [0.25, 0.3) is 0 Å². The van der Waals surface area contributed by atoms with Gasteiger partial charge in [0.1, 0.15) is 5.82 Å². The molecule has 0 saturated carbocycles. The Morgan fingerprint density at radius 1 is 1.21 bits per heavy atom. The van der Waals surface area contributed by atoms with Gasteiger partial charge in [-0.15, -0.1) is 6.42 Å². The quantitative estimate of drug-likeness (QED) is 0.779. The summed E-state index contributed by atoms with van der Waals surface area (Å²) in [4.78, 5) is 37.8. The molecule has 2 aromatic carbocycles. The number of hydrogen-bond acceptors (Lipinski definition) is 3. The minimum atomic E-state index is -0.648. The molecule has 1 aliphatic heterocycles. The molecule has 7 heteroatoms. The number of para-hydroxylation sites is 1. The van der Waals surface area contributed by atoms with E-state index in [-0.39, 0.29) is 31.1 Å². The van der Waals surface area contributed by atoms with E-state index in [9.17, 15) is 18.8 Å². The van der Waals surface area contributed by atoms with Crippen LogP contribution in [0.1, 0.15) is 12.0 Å². The first-order valence-electron chi connectivity index (χ1n) is 8.67. The molecule has 1 heterocycles. The van der Waals surface area contributed by atoms with Crippen molar-refractivity contribution in [2.75, 3.05) is 23.3 Å². The molecule has 2 N–H and O–H groups in total. The van der Waals surface area contributed by atoms with Crippen LogP contribution < -0.4 is 15.5 Å². The first kappa shape index (κ1) is 19.1. The molecule has 0 bridgehead atoms. The molecule has 28 heavy (non-hydrogen) atoms. The lowest BCUT2D eigenvalue weighted by molar-refractivity contribution is -0.127. The average Bonchev–Trinajstić information content (AvgIpc) is 3.08. The number of carbonyl (C=O) groups excluding carboxylic acids is 3. The maximum atomic E-state index is 13.9. The van der Waals surface area contributed by atoms with E-state index in [1.54, 1.807) is 30.3 Å². The van der Waals surface area contributed by atoms with Crippen LogP contribution >= 0.6 is 0 Å². The fraction of sp³-hybridized carbons (Fsp3) is 0.190. The van der Waals surface area contributed by atoms with Crippen LogP contribution in [0.25, 0.3) is 0 Å². The van der Waals surface area contributed by atoms with Crippen LogP contribution in [0.4, 0.5) is 15.8 Å². The third-order valence-corrected chi connectivity index (χ3v) is 4.38. The van der Waals surface area contributed by atoms with Crippen molar-refractivity contribution in [1.29, 1.82) is 0 Å². The highest BCUT2D eigenvalue weighted by molar-refractivity contribution is 6.01. The molecule has 1 unspecified atom stereocenters. The van der Waals surface area contributed by atoms with Crippen molar-refractivity contribution < 1.29 is 18.8 Å². The van der Waals surface area contributed by atoms with Crippen molar-refractivity contribution in [2.45, 2.75) is 6.42 Å². The Hall–Kier alpha value is -3.66. The van der Waals surface area contributed by atoms with Gasteiger partial charge in [-0.3, -0.25) is 14.4 Å². The highest BCUT2D eigenvalue weighted by Gasteiger charge is 2.36. The summed E-state index contributed by atoms with van der Waals surface area (Å²) in [7, 11) is 0. The Labute approximate surface area is 161 Å². The smallest absolute Gasteiger partial charge is 0.243 e. The van der Waals surface area contributed by atoms with Crippen LogP contribution in [0, 0.1) is 24.1 Å². The van der Waals surface area contributed by atoms with Crippen molar-refractivity contribution in [3.63, 3.8) is 0 Å². The SMILES string of the molecule is C#Cc1cccc(NC(=O)CNC(=O)C2CC(=O)N(c3ccccc3F)C2)c1. The molecule has 142 valence electrons. The third kappa shape index (κ3) is 4.35. The minimum absolute atomic E-state index is 0.0357. The number of nitrogens with zero attached hydrogens (tertiary/aromatic N) is 1. The standard InChI is InChI=1S/C21H18FN3O3/c1-2-14-6-5-7-16(10-14)24-19(26)12-23-21(28)15-11-20(27)25(13-15)18-9-4-3-8-17(18)22/h1,3-10,15H,11-13H2,(H,23,28)(H,24,26). The second kappa shape index (κ2) is 8.35. The van der Waals surface area contributed by atoms with Crippen LogP contribution in [-0.2, 0) is 14.4 Å². The number of halogens is 1.